The van der Waals surface area contributed by atoms with Crippen LogP contribution in [0.3, 0.4) is 0 Å². The van der Waals surface area contributed by atoms with Gasteiger partial charge >= 0.3 is 0 Å². The molecule has 0 aliphatic carbocycles. The first-order valence-electron chi connectivity index (χ1n) is 8.72. The molecule has 2 aromatic carbocycles. The van der Waals surface area contributed by atoms with Crippen LogP contribution in [0.25, 0.3) is 0 Å². The number of nitrogens with one attached hydrogen (secondary N) is 2. The zero-order valence-electron chi connectivity index (χ0n) is 15.7. The molecule has 2 amide bonds. The van der Waals surface area contributed by atoms with Crippen LogP contribution in [-0.4, -0.2) is 27.7 Å². The van der Waals surface area contributed by atoms with Crippen molar-refractivity contribution in [2.75, 3.05) is 22.1 Å². The van der Waals surface area contributed by atoms with Crippen LogP contribution in [0, 0.1) is 23.0 Å². The second-order valence-electron chi connectivity index (χ2n) is 5.90. The molecule has 31 heavy (non-hydrogen) atoms. The fraction of sp³-hybridized carbons (Fsp3) is 0.100. The van der Waals surface area contributed by atoms with E-state index in [-0.39, 0.29) is 28.4 Å². The molecule has 0 bridgehead atoms. The van der Waals surface area contributed by atoms with Gasteiger partial charge in [-0.05, 0) is 35.8 Å². The fourth-order valence-electron chi connectivity index (χ4n) is 2.31. The summed E-state index contributed by atoms with van der Waals surface area (Å²) in [6.45, 7) is 0. The van der Waals surface area contributed by atoms with Crippen molar-refractivity contribution in [1.29, 1.82) is 5.26 Å². The smallest absolute Gasteiger partial charge is 0.234 e. The number of para-hydroxylation sites is 2. The number of aromatic nitrogens is 1. The van der Waals surface area contributed by atoms with Gasteiger partial charge in [0.1, 0.15) is 32.5 Å². The van der Waals surface area contributed by atoms with E-state index in [4.69, 9.17) is 0 Å². The molecular formula is C20H14F2N4O2S3. The Balaban J connectivity index is 1.55. The molecule has 3 aromatic rings. The van der Waals surface area contributed by atoms with Gasteiger partial charge in [0.15, 0.2) is 0 Å². The maximum absolute atomic E-state index is 13.6. The number of anilines is 2. The van der Waals surface area contributed by atoms with Crippen molar-refractivity contribution in [3.05, 3.63) is 65.7 Å². The summed E-state index contributed by atoms with van der Waals surface area (Å²) in [5.41, 5.74) is 0.413. The molecular weight excluding hydrogens is 462 g/mol. The molecule has 0 atom stereocenters. The Morgan fingerprint density at radius 1 is 0.935 bits per heavy atom. The molecule has 0 fully saturated rings. The van der Waals surface area contributed by atoms with E-state index in [1.807, 2.05) is 6.07 Å². The summed E-state index contributed by atoms with van der Waals surface area (Å²) in [4.78, 5) is 24.1. The first-order chi connectivity index (χ1) is 15.0. The molecule has 0 aliphatic heterocycles. The van der Waals surface area contributed by atoms with Crippen LogP contribution in [0.1, 0.15) is 5.56 Å². The van der Waals surface area contributed by atoms with E-state index in [0.717, 1.165) is 35.1 Å². The lowest BCUT2D eigenvalue weighted by molar-refractivity contribution is -0.114. The highest BCUT2D eigenvalue weighted by atomic mass is 32.2. The van der Waals surface area contributed by atoms with Crippen LogP contribution in [0.4, 0.5) is 20.2 Å². The highest BCUT2D eigenvalue weighted by Gasteiger charge is 2.18. The number of benzene rings is 2. The molecule has 0 spiro atoms. The fourth-order valence-corrected chi connectivity index (χ4v) is 5.01. The molecule has 1 aromatic heterocycles. The van der Waals surface area contributed by atoms with Crippen LogP contribution >= 0.6 is 35.1 Å². The van der Waals surface area contributed by atoms with Gasteiger partial charge in [0.25, 0.3) is 0 Å². The minimum atomic E-state index is -0.542. The molecule has 11 heteroatoms. The third-order valence-corrected chi connectivity index (χ3v) is 6.90. The molecule has 158 valence electrons. The number of hydrogen-bond acceptors (Lipinski definition) is 7. The van der Waals surface area contributed by atoms with Gasteiger partial charge < -0.3 is 10.6 Å². The second kappa shape index (κ2) is 10.9. The second-order valence-corrected chi connectivity index (χ2v) is 8.88. The van der Waals surface area contributed by atoms with Gasteiger partial charge in [-0.25, -0.2) is 8.78 Å². The van der Waals surface area contributed by atoms with E-state index in [0.29, 0.717) is 9.24 Å². The molecule has 0 radical (unpaired) electrons. The lowest BCUT2D eigenvalue weighted by atomic mass is 10.3. The van der Waals surface area contributed by atoms with Gasteiger partial charge in [0.2, 0.25) is 11.8 Å². The molecule has 3 rings (SSSR count). The van der Waals surface area contributed by atoms with Crippen molar-refractivity contribution in [3.8, 4) is 6.07 Å². The zero-order chi connectivity index (χ0) is 22.2. The lowest BCUT2D eigenvalue weighted by Gasteiger charge is -2.06. The van der Waals surface area contributed by atoms with Crippen molar-refractivity contribution >= 4 is 58.2 Å². The maximum atomic E-state index is 13.6. The van der Waals surface area contributed by atoms with E-state index in [1.165, 1.54) is 36.4 Å². The van der Waals surface area contributed by atoms with Crippen molar-refractivity contribution in [1.82, 2.24) is 4.37 Å². The highest BCUT2D eigenvalue weighted by Crippen LogP contribution is 2.34. The summed E-state index contributed by atoms with van der Waals surface area (Å²) in [7, 11) is 0. The summed E-state index contributed by atoms with van der Waals surface area (Å²) < 4.78 is 31.9. The Morgan fingerprint density at radius 2 is 1.45 bits per heavy atom. The minimum Gasteiger partial charge on any atom is -0.323 e. The van der Waals surface area contributed by atoms with E-state index in [9.17, 15) is 23.6 Å². The molecule has 0 aliphatic rings. The molecule has 0 saturated heterocycles. The molecule has 0 unspecified atom stereocenters. The first-order valence-corrected chi connectivity index (χ1v) is 11.5. The predicted molar refractivity (Wildman–Crippen MR) is 118 cm³/mol. The van der Waals surface area contributed by atoms with Gasteiger partial charge in [-0.2, -0.15) is 9.64 Å². The standard InChI is InChI=1S/C20H14F2N4O2S3/c21-13-5-1-3-7-15(13)24-17(27)10-29-19-12(9-23)20(31-26-19)30-11-18(28)25-16-8-4-2-6-14(16)22/h1-8H,10-11H2,(H,24,27)(H,25,28). The maximum Gasteiger partial charge on any atom is 0.234 e. The Morgan fingerprint density at radius 3 is 1.97 bits per heavy atom. The van der Waals surface area contributed by atoms with Crippen LogP contribution in [0.15, 0.2) is 57.8 Å². The summed E-state index contributed by atoms with van der Waals surface area (Å²) in [5, 5.41) is 14.7. The van der Waals surface area contributed by atoms with Gasteiger partial charge in [-0.3, -0.25) is 9.59 Å². The van der Waals surface area contributed by atoms with Gasteiger partial charge in [0.05, 0.1) is 22.9 Å². The molecule has 6 nitrogen and oxygen atoms in total. The van der Waals surface area contributed by atoms with Crippen molar-refractivity contribution in [2.45, 2.75) is 9.24 Å². The SMILES string of the molecule is N#Cc1c(SCC(=O)Nc2ccccc2F)nsc1SCC(=O)Nc1ccccc1F. The molecule has 1 heterocycles. The number of halogens is 2. The quantitative estimate of drug-likeness (QED) is 0.456. The number of hydrogen-bond donors (Lipinski definition) is 2. The van der Waals surface area contributed by atoms with Crippen LogP contribution in [0.2, 0.25) is 0 Å². The van der Waals surface area contributed by atoms with Gasteiger partial charge in [-0.1, -0.05) is 36.0 Å². The summed E-state index contributed by atoms with van der Waals surface area (Å²) in [5.74, 6) is -2.05. The predicted octanol–water partition coefficient (Wildman–Crippen LogP) is 4.75. The topological polar surface area (TPSA) is 94.9 Å². The van der Waals surface area contributed by atoms with Crippen molar-refractivity contribution in [3.63, 3.8) is 0 Å². The number of amides is 2. The monoisotopic (exact) mass is 476 g/mol. The highest BCUT2D eigenvalue weighted by molar-refractivity contribution is 8.02. The number of thioether (sulfide) groups is 2. The van der Waals surface area contributed by atoms with Gasteiger partial charge in [-0.15, -0.1) is 11.8 Å². The third kappa shape index (κ3) is 6.27. The number of nitriles is 1. The van der Waals surface area contributed by atoms with E-state index in [2.05, 4.69) is 15.0 Å². The summed E-state index contributed by atoms with van der Waals surface area (Å²) in [6.07, 6.45) is 0. The first kappa shape index (κ1) is 22.7. The minimum absolute atomic E-state index is 0.0386. The number of rotatable bonds is 8. The largest absolute Gasteiger partial charge is 0.323 e. The van der Waals surface area contributed by atoms with E-state index >= 15 is 0 Å². The number of nitrogens with zero attached hydrogens (tertiary/aromatic N) is 2. The molecule has 0 saturated carbocycles. The van der Waals surface area contributed by atoms with Gasteiger partial charge in [0, 0.05) is 0 Å². The van der Waals surface area contributed by atoms with Crippen LogP contribution < -0.4 is 10.6 Å². The Kier molecular flexibility index (Phi) is 8.00. The van der Waals surface area contributed by atoms with Crippen LogP contribution in [0.5, 0.6) is 0 Å². The van der Waals surface area contributed by atoms with Crippen molar-refractivity contribution in [2.24, 2.45) is 0 Å². The van der Waals surface area contributed by atoms with Crippen molar-refractivity contribution < 1.29 is 18.4 Å². The molecule has 2 N–H and O–H groups in total. The van der Waals surface area contributed by atoms with E-state index < -0.39 is 23.4 Å². The lowest BCUT2D eigenvalue weighted by Crippen LogP contribution is -2.15. The number of carbonyl (C=O) groups is 2. The Labute approximate surface area is 189 Å². The summed E-state index contributed by atoms with van der Waals surface area (Å²) >= 11 is 3.18. The average Bonchev–Trinajstić information content (AvgIpc) is 3.16. The third-order valence-electron chi connectivity index (χ3n) is 3.71. The zero-order valence-corrected chi connectivity index (χ0v) is 18.2. The number of carbonyl (C=O) groups excluding carboxylic acids is 2. The van der Waals surface area contributed by atoms with Crippen LogP contribution in [-0.2, 0) is 9.59 Å². The normalized spacial score (nSPS) is 10.4. The van der Waals surface area contributed by atoms with E-state index in [1.54, 1.807) is 12.1 Å². The average molecular weight is 477 g/mol. The Bertz CT molecular complexity index is 1070. The summed E-state index contributed by atoms with van der Waals surface area (Å²) in [6, 6.07) is 13.7. The Hall–Kier alpha value is -2.94.